The molecule has 1 unspecified atom stereocenters. The van der Waals surface area contributed by atoms with Gasteiger partial charge in [-0.3, -0.25) is 4.79 Å². The number of benzene rings is 1. The first-order chi connectivity index (χ1) is 8.96. The molecule has 19 heavy (non-hydrogen) atoms. The van der Waals surface area contributed by atoms with Crippen molar-refractivity contribution in [3.63, 3.8) is 0 Å². The van der Waals surface area contributed by atoms with Crippen LogP contribution in [0, 0.1) is 0 Å². The van der Waals surface area contributed by atoms with Crippen LogP contribution in [-0.4, -0.2) is 41.2 Å². The number of aliphatic hydroxyl groups is 1. The fourth-order valence-corrected chi connectivity index (χ4v) is 2.46. The van der Waals surface area contributed by atoms with Crippen LogP contribution in [0.4, 0.5) is 0 Å². The van der Waals surface area contributed by atoms with Gasteiger partial charge in [-0.25, -0.2) is 0 Å². The number of nitrogens with zero attached hydrogens (tertiary/aromatic N) is 1. The summed E-state index contributed by atoms with van der Waals surface area (Å²) < 4.78 is 6.42. The number of likely N-dealkylation sites (tertiary alicyclic amines) is 1. The largest absolute Gasteiger partial charge is 0.484 e. The molecule has 1 saturated heterocycles. The highest BCUT2D eigenvalue weighted by molar-refractivity contribution is 9.10. The van der Waals surface area contributed by atoms with Gasteiger partial charge in [0, 0.05) is 17.6 Å². The minimum absolute atomic E-state index is 0.0116. The Labute approximate surface area is 121 Å². The van der Waals surface area contributed by atoms with Gasteiger partial charge in [-0.15, -0.1) is 0 Å². The van der Waals surface area contributed by atoms with Crippen molar-refractivity contribution >= 4 is 21.8 Å². The number of β-amino-alcohol motifs (C(OH)–C–C–N with tert-alkyl or cyclic N) is 1. The molecule has 0 aromatic heterocycles. The Hall–Kier alpha value is -1.07. The predicted octanol–water partition coefficient (Wildman–Crippen LogP) is 2.20. The van der Waals surface area contributed by atoms with Gasteiger partial charge in [-0.1, -0.05) is 15.9 Å². The fourth-order valence-electron chi connectivity index (χ4n) is 2.20. The Morgan fingerprint density at radius 1 is 1.47 bits per heavy atom. The first kappa shape index (κ1) is 14.3. The third-order valence-corrected chi connectivity index (χ3v) is 3.73. The van der Waals surface area contributed by atoms with E-state index in [2.05, 4.69) is 15.9 Å². The van der Waals surface area contributed by atoms with Crippen molar-refractivity contribution in [2.24, 2.45) is 0 Å². The monoisotopic (exact) mass is 327 g/mol. The van der Waals surface area contributed by atoms with Crippen LogP contribution in [0.1, 0.15) is 19.8 Å². The SMILES string of the molecule is CC1(O)CCCN(C(=O)COc2ccc(Br)cc2)C1. The summed E-state index contributed by atoms with van der Waals surface area (Å²) in [7, 11) is 0. The molecule has 104 valence electrons. The highest BCUT2D eigenvalue weighted by atomic mass is 79.9. The summed E-state index contributed by atoms with van der Waals surface area (Å²) in [6, 6.07) is 7.35. The Morgan fingerprint density at radius 3 is 2.79 bits per heavy atom. The number of hydrogen-bond acceptors (Lipinski definition) is 3. The van der Waals surface area contributed by atoms with Gasteiger partial charge in [0.2, 0.25) is 0 Å². The van der Waals surface area contributed by atoms with Crippen LogP contribution in [0.25, 0.3) is 0 Å². The topological polar surface area (TPSA) is 49.8 Å². The van der Waals surface area contributed by atoms with Crippen molar-refractivity contribution in [2.75, 3.05) is 19.7 Å². The lowest BCUT2D eigenvalue weighted by atomic mass is 9.95. The van der Waals surface area contributed by atoms with Crippen LogP contribution in [-0.2, 0) is 4.79 Å². The average Bonchev–Trinajstić information content (AvgIpc) is 2.36. The molecule has 0 saturated carbocycles. The number of hydrogen-bond donors (Lipinski definition) is 1. The van der Waals surface area contributed by atoms with Gasteiger partial charge >= 0.3 is 0 Å². The summed E-state index contributed by atoms with van der Waals surface area (Å²) in [6.07, 6.45) is 1.57. The maximum absolute atomic E-state index is 12.0. The van der Waals surface area contributed by atoms with Crippen LogP contribution in [0.5, 0.6) is 5.75 Å². The summed E-state index contributed by atoms with van der Waals surface area (Å²) >= 11 is 3.34. The minimum atomic E-state index is -0.772. The molecule has 0 aliphatic carbocycles. The third-order valence-electron chi connectivity index (χ3n) is 3.20. The molecule has 1 fully saturated rings. The maximum Gasteiger partial charge on any atom is 0.260 e. The lowest BCUT2D eigenvalue weighted by molar-refractivity contribution is -0.139. The molecule has 0 radical (unpaired) electrons. The van der Waals surface area contributed by atoms with Gasteiger partial charge in [0.1, 0.15) is 5.75 Å². The number of carbonyl (C=O) groups is 1. The van der Waals surface area contributed by atoms with E-state index in [1.165, 1.54) is 0 Å². The lowest BCUT2D eigenvalue weighted by Gasteiger charge is -2.36. The Bertz CT molecular complexity index is 445. The van der Waals surface area contributed by atoms with Gasteiger partial charge in [0.15, 0.2) is 6.61 Å². The van der Waals surface area contributed by atoms with Crippen molar-refractivity contribution in [3.05, 3.63) is 28.7 Å². The van der Waals surface area contributed by atoms with E-state index < -0.39 is 5.60 Å². The molecule has 1 atom stereocenters. The Kier molecular flexibility index (Phi) is 4.47. The van der Waals surface area contributed by atoms with Crippen molar-refractivity contribution in [3.8, 4) is 5.75 Å². The molecule has 1 N–H and O–H groups in total. The summed E-state index contributed by atoms with van der Waals surface area (Å²) in [5.74, 6) is 0.586. The zero-order chi connectivity index (χ0) is 13.9. The first-order valence-electron chi connectivity index (χ1n) is 6.35. The second kappa shape index (κ2) is 5.92. The molecule has 1 amide bonds. The standard InChI is InChI=1S/C14H18BrNO3/c1-14(18)7-2-8-16(10-14)13(17)9-19-12-5-3-11(15)4-6-12/h3-6,18H,2,7-10H2,1H3. The van der Waals surface area contributed by atoms with Crippen molar-refractivity contribution in [2.45, 2.75) is 25.4 Å². The van der Waals surface area contributed by atoms with Gasteiger partial charge < -0.3 is 14.7 Å². The highest BCUT2D eigenvalue weighted by Crippen LogP contribution is 2.21. The molecule has 1 aliphatic rings. The Morgan fingerprint density at radius 2 is 2.16 bits per heavy atom. The van der Waals surface area contributed by atoms with Crippen LogP contribution >= 0.6 is 15.9 Å². The number of amides is 1. The molecular weight excluding hydrogens is 310 g/mol. The van der Waals surface area contributed by atoms with Crippen LogP contribution in [0.2, 0.25) is 0 Å². The second-order valence-corrected chi connectivity index (χ2v) is 6.07. The maximum atomic E-state index is 12.0. The minimum Gasteiger partial charge on any atom is -0.484 e. The average molecular weight is 328 g/mol. The quantitative estimate of drug-likeness (QED) is 0.925. The summed E-state index contributed by atoms with van der Waals surface area (Å²) in [4.78, 5) is 13.7. The van der Waals surface area contributed by atoms with Crippen LogP contribution < -0.4 is 4.74 Å². The Balaban J connectivity index is 1.85. The fraction of sp³-hybridized carbons (Fsp3) is 0.500. The smallest absolute Gasteiger partial charge is 0.260 e. The predicted molar refractivity (Wildman–Crippen MR) is 76.1 cm³/mol. The van der Waals surface area contributed by atoms with Crippen LogP contribution in [0.15, 0.2) is 28.7 Å². The summed E-state index contributed by atoms with van der Waals surface area (Å²) in [5.41, 5.74) is -0.772. The number of rotatable bonds is 3. The van der Waals surface area contributed by atoms with E-state index >= 15 is 0 Å². The molecule has 0 bridgehead atoms. The number of halogens is 1. The normalized spacial score (nSPS) is 23.2. The van der Waals surface area contributed by atoms with Crippen molar-refractivity contribution in [1.82, 2.24) is 4.90 Å². The van der Waals surface area contributed by atoms with E-state index in [1.807, 2.05) is 24.3 Å². The second-order valence-electron chi connectivity index (χ2n) is 5.16. The van der Waals surface area contributed by atoms with Crippen LogP contribution in [0.3, 0.4) is 0 Å². The molecule has 1 heterocycles. The molecular formula is C14H18BrNO3. The van der Waals surface area contributed by atoms with Gasteiger partial charge in [0.25, 0.3) is 5.91 Å². The van der Waals surface area contributed by atoms with Gasteiger partial charge in [-0.05, 0) is 44.0 Å². The molecule has 0 spiro atoms. The lowest BCUT2D eigenvalue weighted by Crippen LogP contribution is -2.49. The van der Waals surface area contributed by atoms with E-state index in [4.69, 9.17) is 4.74 Å². The van der Waals surface area contributed by atoms with Gasteiger partial charge in [-0.2, -0.15) is 0 Å². The molecule has 1 aromatic carbocycles. The van der Waals surface area contributed by atoms with E-state index in [-0.39, 0.29) is 12.5 Å². The van der Waals surface area contributed by atoms with E-state index in [0.29, 0.717) is 18.8 Å². The van der Waals surface area contributed by atoms with Crippen molar-refractivity contribution < 1.29 is 14.6 Å². The number of carbonyl (C=O) groups excluding carboxylic acids is 1. The highest BCUT2D eigenvalue weighted by Gasteiger charge is 2.30. The molecule has 4 nitrogen and oxygen atoms in total. The number of piperidine rings is 1. The first-order valence-corrected chi connectivity index (χ1v) is 7.14. The number of ether oxygens (including phenoxy) is 1. The molecule has 2 rings (SSSR count). The van der Waals surface area contributed by atoms with E-state index in [0.717, 1.165) is 17.3 Å². The molecule has 1 aromatic rings. The molecule has 5 heteroatoms. The zero-order valence-electron chi connectivity index (χ0n) is 10.9. The van der Waals surface area contributed by atoms with E-state index in [1.54, 1.807) is 11.8 Å². The van der Waals surface area contributed by atoms with Gasteiger partial charge in [0.05, 0.1) is 5.60 Å². The van der Waals surface area contributed by atoms with Crippen molar-refractivity contribution in [1.29, 1.82) is 0 Å². The third kappa shape index (κ3) is 4.21. The summed E-state index contributed by atoms with van der Waals surface area (Å²) in [6.45, 7) is 2.86. The summed E-state index contributed by atoms with van der Waals surface area (Å²) in [5, 5.41) is 9.97. The zero-order valence-corrected chi connectivity index (χ0v) is 12.5. The molecule has 1 aliphatic heterocycles. The van der Waals surface area contributed by atoms with E-state index in [9.17, 15) is 9.90 Å².